The second-order valence-electron chi connectivity index (χ2n) is 10.3. The Labute approximate surface area is 178 Å². The Hall–Kier alpha value is -2.82. The first-order chi connectivity index (χ1) is 13.7. The molecule has 0 aliphatic heterocycles. The first-order valence-electron chi connectivity index (χ1n) is 10.3. The van der Waals surface area contributed by atoms with E-state index in [0.29, 0.717) is 5.56 Å². The lowest BCUT2D eigenvalue weighted by molar-refractivity contribution is 0.0971. The van der Waals surface area contributed by atoms with Crippen molar-refractivity contribution in [3.05, 3.63) is 58.2 Å². The van der Waals surface area contributed by atoms with Crippen molar-refractivity contribution in [2.45, 2.75) is 65.8 Å². The van der Waals surface area contributed by atoms with E-state index in [4.69, 9.17) is 5.41 Å². The SMILES string of the molecule is Cc1ccc2c(c1)n(CC(=O)c1cc(C(C)(C)C)c(O)c(C(C)(C)C)c1)c(=N)n2C. The minimum atomic E-state index is -0.301. The van der Waals surface area contributed by atoms with E-state index in [1.165, 1.54) is 0 Å². The van der Waals surface area contributed by atoms with Crippen LogP contribution < -0.4 is 5.62 Å². The number of phenols is 1. The van der Waals surface area contributed by atoms with E-state index in [0.717, 1.165) is 27.7 Å². The number of aryl methyl sites for hydroxylation is 2. The van der Waals surface area contributed by atoms with Gasteiger partial charge in [0.25, 0.3) is 0 Å². The summed E-state index contributed by atoms with van der Waals surface area (Å²) in [7, 11) is 1.84. The summed E-state index contributed by atoms with van der Waals surface area (Å²) in [6.07, 6.45) is 0. The van der Waals surface area contributed by atoms with Crippen LogP contribution in [0.1, 0.15) is 68.6 Å². The van der Waals surface area contributed by atoms with E-state index < -0.39 is 0 Å². The molecule has 5 heteroatoms. The molecule has 2 aromatic carbocycles. The summed E-state index contributed by atoms with van der Waals surface area (Å²) < 4.78 is 3.55. The molecule has 0 unspecified atom stereocenters. The number of phenolic OH excluding ortho intramolecular Hbond substituents is 1. The van der Waals surface area contributed by atoms with Crippen molar-refractivity contribution >= 4 is 16.8 Å². The smallest absolute Gasteiger partial charge is 0.203 e. The van der Waals surface area contributed by atoms with Gasteiger partial charge < -0.3 is 14.2 Å². The van der Waals surface area contributed by atoms with Crippen molar-refractivity contribution in [2.24, 2.45) is 7.05 Å². The highest BCUT2D eigenvalue weighted by Crippen LogP contribution is 2.40. The Morgan fingerprint density at radius 1 is 0.967 bits per heavy atom. The fourth-order valence-corrected chi connectivity index (χ4v) is 3.88. The number of carbonyl (C=O) groups excluding carboxylic acids is 1. The number of rotatable bonds is 3. The van der Waals surface area contributed by atoms with Gasteiger partial charge in [-0.15, -0.1) is 0 Å². The Kier molecular flexibility index (Phi) is 5.21. The summed E-state index contributed by atoms with van der Waals surface area (Å²) in [5.74, 6) is 0.194. The zero-order valence-electron chi connectivity index (χ0n) is 19.3. The van der Waals surface area contributed by atoms with Crippen molar-refractivity contribution in [3.8, 4) is 5.75 Å². The molecule has 0 atom stereocenters. The monoisotopic (exact) mass is 407 g/mol. The number of hydrogen-bond donors (Lipinski definition) is 2. The normalized spacial score (nSPS) is 12.5. The molecular weight excluding hydrogens is 374 g/mol. The standard InChI is InChI=1S/C25H33N3O2/c1-15-9-10-19-20(11-15)28(23(26)27(19)8)14-21(29)16-12-17(24(2,3)4)22(30)18(13-16)25(5,6)7/h9-13,26,30H,14H2,1-8H3. The van der Waals surface area contributed by atoms with Gasteiger partial charge in [-0.3, -0.25) is 10.2 Å². The van der Waals surface area contributed by atoms with E-state index in [2.05, 4.69) is 0 Å². The maximum absolute atomic E-state index is 13.4. The van der Waals surface area contributed by atoms with Gasteiger partial charge in [-0.05, 0) is 47.6 Å². The Morgan fingerprint density at radius 2 is 1.50 bits per heavy atom. The van der Waals surface area contributed by atoms with E-state index in [1.807, 2.05) is 85.8 Å². The lowest BCUT2D eigenvalue weighted by Crippen LogP contribution is -2.26. The van der Waals surface area contributed by atoms with Gasteiger partial charge >= 0.3 is 0 Å². The molecule has 1 aromatic heterocycles. The number of aromatic nitrogens is 2. The maximum atomic E-state index is 13.4. The number of ketones is 1. The molecule has 3 rings (SSSR count). The summed E-state index contributed by atoms with van der Waals surface area (Å²) in [6.45, 7) is 14.3. The third kappa shape index (κ3) is 3.81. The van der Waals surface area contributed by atoms with Gasteiger partial charge in [0.1, 0.15) is 5.75 Å². The predicted octanol–water partition coefficient (Wildman–Crippen LogP) is 4.95. The third-order valence-electron chi connectivity index (χ3n) is 5.71. The number of carbonyl (C=O) groups is 1. The van der Waals surface area contributed by atoms with Crippen molar-refractivity contribution in [1.82, 2.24) is 9.13 Å². The number of aromatic hydroxyl groups is 1. The zero-order valence-corrected chi connectivity index (χ0v) is 19.3. The molecule has 0 bridgehead atoms. The second kappa shape index (κ2) is 7.15. The van der Waals surface area contributed by atoms with Crippen LogP contribution in [-0.4, -0.2) is 20.0 Å². The lowest BCUT2D eigenvalue weighted by atomic mass is 9.78. The molecule has 2 N–H and O–H groups in total. The summed E-state index contributed by atoms with van der Waals surface area (Å²) in [5, 5.41) is 19.4. The van der Waals surface area contributed by atoms with Crippen LogP contribution in [0.5, 0.6) is 5.75 Å². The summed E-state index contributed by atoms with van der Waals surface area (Å²) in [4.78, 5) is 13.4. The van der Waals surface area contributed by atoms with Gasteiger partial charge in [0.05, 0.1) is 17.6 Å². The van der Waals surface area contributed by atoms with Crippen LogP contribution in [0.4, 0.5) is 0 Å². The molecule has 5 nitrogen and oxygen atoms in total. The molecule has 0 spiro atoms. The van der Waals surface area contributed by atoms with Gasteiger partial charge in [0.15, 0.2) is 5.78 Å². The third-order valence-corrected chi connectivity index (χ3v) is 5.71. The number of fused-ring (bicyclic) bond motifs is 1. The van der Waals surface area contributed by atoms with E-state index in [-0.39, 0.29) is 34.5 Å². The first kappa shape index (κ1) is 21.9. The highest BCUT2D eigenvalue weighted by molar-refractivity contribution is 5.97. The van der Waals surface area contributed by atoms with Gasteiger partial charge in [-0.2, -0.15) is 0 Å². The van der Waals surface area contributed by atoms with Gasteiger partial charge in [0.2, 0.25) is 5.62 Å². The zero-order chi connectivity index (χ0) is 22.6. The van der Waals surface area contributed by atoms with Gasteiger partial charge in [0, 0.05) is 23.7 Å². The number of nitrogens with one attached hydrogen (secondary N) is 1. The molecule has 0 aliphatic rings. The fraction of sp³-hybridized carbons (Fsp3) is 0.440. The summed E-state index contributed by atoms with van der Waals surface area (Å²) >= 11 is 0. The molecule has 0 fully saturated rings. The van der Waals surface area contributed by atoms with Crippen molar-refractivity contribution in [3.63, 3.8) is 0 Å². The van der Waals surface area contributed by atoms with E-state index in [1.54, 1.807) is 9.13 Å². The largest absolute Gasteiger partial charge is 0.507 e. The Balaban J connectivity index is 2.15. The molecule has 0 saturated heterocycles. The molecule has 30 heavy (non-hydrogen) atoms. The van der Waals surface area contributed by atoms with Crippen LogP contribution in [0.2, 0.25) is 0 Å². The number of imidazole rings is 1. The topological polar surface area (TPSA) is 71.0 Å². The predicted molar refractivity (Wildman–Crippen MR) is 121 cm³/mol. The van der Waals surface area contributed by atoms with Crippen LogP contribution >= 0.6 is 0 Å². The number of Topliss-reactive ketones (excluding diaryl/α,β-unsaturated/α-hetero) is 1. The average molecular weight is 408 g/mol. The van der Waals surface area contributed by atoms with E-state index >= 15 is 0 Å². The number of hydrogen-bond acceptors (Lipinski definition) is 3. The molecule has 0 aliphatic carbocycles. The first-order valence-corrected chi connectivity index (χ1v) is 10.3. The van der Waals surface area contributed by atoms with Crippen LogP contribution in [0, 0.1) is 12.3 Å². The quantitative estimate of drug-likeness (QED) is 0.603. The van der Waals surface area contributed by atoms with Crippen molar-refractivity contribution in [2.75, 3.05) is 0 Å². The second-order valence-corrected chi connectivity index (χ2v) is 10.3. The molecule has 0 saturated carbocycles. The minimum Gasteiger partial charge on any atom is -0.507 e. The van der Waals surface area contributed by atoms with Crippen molar-refractivity contribution in [1.29, 1.82) is 5.41 Å². The van der Waals surface area contributed by atoms with Gasteiger partial charge in [-0.1, -0.05) is 47.6 Å². The van der Waals surface area contributed by atoms with Crippen LogP contribution in [0.25, 0.3) is 11.0 Å². The molecule has 0 amide bonds. The number of benzene rings is 2. The maximum Gasteiger partial charge on any atom is 0.203 e. The molecule has 1 heterocycles. The number of nitrogens with zero attached hydrogens (tertiary/aromatic N) is 2. The van der Waals surface area contributed by atoms with Crippen molar-refractivity contribution < 1.29 is 9.90 Å². The highest BCUT2D eigenvalue weighted by Gasteiger charge is 2.28. The Bertz CT molecular complexity index is 1160. The molecular formula is C25H33N3O2. The van der Waals surface area contributed by atoms with Crippen LogP contribution in [0.15, 0.2) is 30.3 Å². The average Bonchev–Trinajstić information content (AvgIpc) is 2.84. The van der Waals surface area contributed by atoms with E-state index in [9.17, 15) is 9.90 Å². The molecule has 0 radical (unpaired) electrons. The minimum absolute atomic E-state index is 0.0708. The fourth-order valence-electron chi connectivity index (χ4n) is 3.88. The summed E-state index contributed by atoms with van der Waals surface area (Å²) in [6, 6.07) is 9.64. The van der Waals surface area contributed by atoms with Crippen LogP contribution in [0.3, 0.4) is 0 Å². The highest BCUT2D eigenvalue weighted by atomic mass is 16.3. The van der Waals surface area contributed by atoms with Gasteiger partial charge in [-0.25, -0.2) is 0 Å². The van der Waals surface area contributed by atoms with Crippen LogP contribution in [-0.2, 0) is 24.4 Å². The Morgan fingerprint density at radius 3 is 2.00 bits per heavy atom. The summed E-state index contributed by atoms with van der Waals surface area (Å²) in [5.41, 5.74) is 4.68. The molecule has 3 aromatic rings. The molecule has 160 valence electrons. The lowest BCUT2D eigenvalue weighted by Gasteiger charge is -2.28.